The number of hydrogen-bond acceptors (Lipinski definition) is 4. The summed E-state index contributed by atoms with van der Waals surface area (Å²) in [5.74, 6) is -0.214. The molecule has 0 aliphatic heterocycles. The third kappa shape index (κ3) is 24.9. The summed E-state index contributed by atoms with van der Waals surface area (Å²) in [6.07, 6.45) is 18.9. The molecule has 0 aromatic heterocycles. The van der Waals surface area contributed by atoms with Crippen molar-refractivity contribution in [1.82, 2.24) is 0 Å². The molecule has 0 saturated heterocycles. The first-order chi connectivity index (χ1) is 12.0. The van der Waals surface area contributed by atoms with Gasteiger partial charge in [-0.15, -0.1) is 0 Å². The molecule has 6 heteroatoms. The van der Waals surface area contributed by atoms with Gasteiger partial charge >= 0.3 is 29.6 Å². The molecule has 0 saturated carbocycles. The van der Waals surface area contributed by atoms with Gasteiger partial charge in [0.15, 0.2) is 0 Å². The molecule has 0 bridgehead atoms. The van der Waals surface area contributed by atoms with Crippen LogP contribution in [0, 0.1) is 0 Å². The van der Waals surface area contributed by atoms with Crippen LogP contribution in [0.3, 0.4) is 0 Å². The molecular weight excluding hydrogens is 359 g/mol. The van der Waals surface area contributed by atoms with Crippen LogP contribution in [0.5, 0.6) is 0 Å². The zero-order chi connectivity index (χ0) is 18.8. The molecule has 0 aliphatic rings. The zero-order valence-corrected chi connectivity index (χ0v) is 20.2. The second-order valence-corrected chi connectivity index (χ2v) is 8.97. The van der Waals surface area contributed by atoms with Crippen molar-refractivity contribution in [2.24, 2.45) is 0 Å². The molecule has 0 heterocycles. The Balaban J connectivity index is 0. The minimum Gasteiger partial charge on any atom is -0.748 e. The largest absolute Gasteiger partial charge is 1.00 e. The van der Waals surface area contributed by atoms with Crippen molar-refractivity contribution < 1.29 is 47.6 Å². The van der Waals surface area contributed by atoms with Crippen molar-refractivity contribution >= 4 is 10.1 Å². The van der Waals surface area contributed by atoms with E-state index in [0.29, 0.717) is 6.42 Å². The van der Waals surface area contributed by atoms with Gasteiger partial charge in [-0.1, -0.05) is 96.8 Å². The number of unbranched alkanes of at least 4 members (excludes halogenated alkanes) is 13. The average Bonchev–Trinajstić information content (AvgIpc) is 2.54. The first-order valence-electron chi connectivity index (χ1n) is 10.6. The van der Waals surface area contributed by atoms with Gasteiger partial charge in [0.2, 0.25) is 0 Å². The van der Waals surface area contributed by atoms with Gasteiger partial charge in [0.1, 0.15) is 0 Å². The molecule has 0 aromatic rings. The summed E-state index contributed by atoms with van der Waals surface area (Å²) in [5, 5.41) is 9.97. The van der Waals surface area contributed by atoms with E-state index in [1.165, 1.54) is 64.2 Å². The molecule has 0 spiro atoms. The summed E-state index contributed by atoms with van der Waals surface area (Å²) in [6.45, 7) is 2.23. The Morgan fingerprint density at radius 2 is 1.04 bits per heavy atom. The van der Waals surface area contributed by atoms with Crippen LogP contribution in [-0.4, -0.2) is 29.9 Å². The Labute approximate surface area is 185 Å². The summed E-state index contributed by atoms with van der Waals surface area (Å²) in [5.41, 5.74) is 0. The fourth-order valence-electron chi connectivity index (χ4n) is 3.20. The van der Waals surface area contributed by atoms with E-state index >= 15 is 0 Å². The van der Waals surface area contributed by atoms with Crippen LogP contribution in [0.15, 0.2) is 0 Å². The fraction of sp³-hybridized carbons (Fsp3) is 1.00. The van der Waals surface area contributed by atoms with Crippen LogP contribution < -0.4 is 29.6 Å². The zero-order valence-electron chi connectivity index (χ0n) is 17.4. The van der Waals surface area contributed by atoms with Crippen molar-refractivity contribution in [2.45, 2.75) is 122 Å². The van der Waals surface area contributed by atoms with Crippen LogP contribution in [-0.2, 0) is 10.1 Å². The molecule has 1 unspecified atom stereocenters. The predicted molar refractivity (Wildman–Crippen MR) is 105 cm³/mol. The molecule has 4 nitrogen and oxygen atoms in total. The average molecular weight is 401 g/mol. The number of rotatable bonds is 19. The van der Waals surface area contributed by atoms with Gasteiger partial charge in [0.05, 0.1) is 16.2 Å². The Morgan fingerprint density at radius 1 is 0.692 bits per heavy atom. The molecule has 152 valence electrons. The standard InChI is InChI=1S/C20H42O4S.Na/c1-2-3-4-5-11-14-17-20(21)18-15-12-9-7-6-8-10-13-16-19-25(22,23)24;/h20-21H,2-19H2,1H3,(H,22,23,24);/q;+1/p-1. The molecule has 1 atom stereocenters. The molecule has 0 fully saturated rings. The van der Waals surface area contributed by atoms with E-state index < -0.39 is 10.1 Å². The third-order valence-electron chi connectivity index (χ3n) is 4.82. The Morgan fingerprint density at radius 3 is 1.42 bits per heavy atom. The summed E-state index contributed by atoms with van der Waals surface area (Å²) in [7, 11) is -4.02. The Kier molecular flexibility index (Phi) is 23.0. The van der Waals surface area contributed by atoms with Crippen molar-refractivity contribution in [3.63, 3.8) is 0 Å². The summed E-state index contributed by atoms with van der Waals surface area (Å²) >= 11 is 0. The van der Waals surface area contributed by atoms with Crippen molar-refractivity contribution in [3.05, 3.63) is 0 Å². The van der Waals surface area contributed by atoms with Crippen molar-refractivity contribution in [2.75, 3.05) is 5.75 Å². The minimum atomic E-state index is -4.02. The maximum atomic E-state index is 10.5. The third-order valence-corrected chi connectivity index (χ3v) is 5.61. The van der Waals surface area contributed by atoms with Crippen LogP contribution in [0.2, 0.25) is 0 Å². The Bertz CT molecular complexity index is 374. The monoisotopic (exact) mass is 400 g/mol. The van der Waals surface area contributed by atoms with E-state index in [0.717, 1.165) is 38.5 Å². The second-order valence-electron chi connectivity index (χ2n) is 7.44. The van der Waals surface area contributed by atoms with Gasteiger partial charge in [0.25, 0.3) is 0 Å². The molecular formula is C20H41NaO4S. The molecule has 0 aliphatic carbocycles. The summed E-state index contributed by atoms with van der Waals surface area (Å²) in [6, 6.07) is 0. The van der Waals surface area contributed by atoms with E-state index in [4.69, 9.17) is 0 Å². The summed E-state index contributed by atoms with van der Waals surface area (Å²) < 4.78 is 31.4. The topological polar surface area (TPSA) is 77.4 Å². The van der Waals surface area contributed by atoms with E-state index in [2.05, 4.69) is 6.92 Å². The van der Waals surface area contributed by atoms with Gasteiger partial charge in [0, 0.05) is 5.75 Å². The quantitative estimate of drug-likeness (QED) is 0.205. The molecule has 0 radical (unpaired) electrons. The van der Waals surface area contributed by atoms with E-state index in [-0.39, 0.29) is 41.4 Å². The van der Waals surface area contributed by atoms with E-state index in [1.54, 1.807) is 0 Å². The van der Waals surface area contributed by atoms with Crippen LogP contribution in [0.1, 0.15) is 116 Å². The first-order valence-corrected chi connectivity index (χ1v) is 12.1. The van der Waals surface area contributed by atoms with E-state index in [9.17, 15) is 18.1 Å². The van der Waals surface area contributed by atoms with Crippen molar-refractivity contribution in [3.8, 4) is 0 Å². The number of hydrogen-bond donors (Lipinski definition) is 1. The number of aliphatic hydroxyl groups is 1. The predicted octanol–water partition coefficient (Wildman–Crippen LogP) is 2.55. The Hall–Kier alpha value is 0.870. The number of aliphatic hydroxyl groups excluding tert-OH is 1. The van der Waals surface area contributed by atoms with Gasteiger partial charge in [-0.25, -0.2) is 8.42 Å². The van der Waals surface area contributed by atoms with Crippen LogP contribution in [0.4, 0.5) is 0 Å². The fourth-order valence-corrected chi connectivity index (χ4v) is 3.76. The minimum absolute atomic E-state index is 0. The first kappa shape index (κ1) is 29.1. The maximum Gasteiger partial charge on any atom is 1.00 e. The summed E-state index contributed by atoms with van der Waals surface area (Å²) in [4.78, 5) is 0. The molecule has 1 N–H and O–H groups in total. The second kappa shape index (κ2) is 20.6. The van der Waals surface area contributed by atoms with E-state index in [1.807, 2.05) is 0 Å². The van der Waals surface area contributed by atoms with Gasteiger partial charge in [-0.2, -0.15) is 0 Å². The van der Waals surface area contributed by atoms with Gasteiger partial charge in [-0.05, 0) is 19.3 Å². The molecule has 0 amide bonds. The van der Waals surface area contributed by atoms with Crippen LogP contribution in [0.25, 0.3) is 0 Å². The van der Waals surface area contributed by atoms with Crippen molar-refractivity contribution in [1.29, 1.82) is 0 Å². The maximum absolute atomic E-state index is 10.5. The molecule has 0 rings (SSSR count). The smallest absolute Gasteiger partial charge is 0.748 e. The molecule has 0 aromatic carbocycles. The normalized spacial score (nSPS) is 12.7. The SMILES string of the molecule is CCCCCCCCC(O)CCCCCCCCCCCS(=O)(=O)[O-].[Na+]. The molecule has 26 heavy (non-hydrogen) atoms. The van der Waals surface area contributed by atoms with Gasteiger partial charge < -0.3 is 9.66 Å². The van der Waals surface area contributed by atoms with Gasteiger partial charge in [-0.3, -0.25) is 0 Å². The van der Waals surface area contributed by atoms with Crippen LogP contribution >= 0.6 is 0 Å².